The van der Waals surface area contributed by atoms with E-state index in [4.69, 9.17) is 23.2 Å². The molecule has 0 bridgehead atoms. The van der Waals surface area contributed by atoms with Crippen LogP contribution in [0.5, 0.6) is 0 Å². The van der Waals surface area contributed by atoms with E-state index in [0.29, 0.717) is 55.7 Å². The SMILES string of the molecule is O=C(C=Cc1ccc(Cl)c(Cl)c1)N1CCC(=O)N(C[C@@H](O)CN2CC[C@H](CO)[C@@H](O)C2)CC1. The monoisotopic (exact) mass is 499 g/mol. The normalized spacial score (nSPS) is 23.7. The maximum Gasteiger partial charge on any atom is 0.246 e. The van der Waals surface area contributed by atoms with Crippen LogP contribution in [0.3, 0.4) is 0 Å². The lowest BCUT2D eigenvalue weighted by Gasteiger charge is -2.36. The predicted octanol–water partition coefficient (Wildman–Crippen LogP) is 1.10. The molecule has 2 heterocycles. The van der Waals surface area contributed by atoms with Crippen LogP contribution in [-0.2, 0) is 9.59 Å². The van der Waals surface area contributed by atoms with Gasteiger partial charge in [0.05, 0.1) is 22.3 Å². The molecular formula is C23H31Cl2N3O5. The Bertz CT molecular complexity index is 868. The standard InChI is InChI=1S/C23H31Cl2N3O5/c24-19-3-1-16(11-20(19)25)2-4-22(32)27-8-6-23(33)28(10-9-27)13-18(30)12-26-7-5-17(15-29)21(31)14-26/h1-4,11,17-18,21,29-31H,5-10,12-15H2/t17-,18+,21+/m1/s1. The highest BCUT2D eigenvalue weighted by molar-refractivity contribution is 6.42. The number of piperidine rings is 1. The van der Waals surface area contributed by atoms with Gasteiger partial charge in [0, 0.05) is 64.3 Å². The zero-order valence-electron chi connectivity index (χ0n) is 18.4. The van der Waals surface area contributed by atoms with E-state index in [2.05, 4.69) is 0 Å². The summed E-state index contributed by atoms with van der Waals surface area (Å²) >= 11 is 11.9. The van der Waals surface area contributed by atoms with Crippen molar-refractivity contribution in [3.63, 3.8) is 0 Å². The number of nitrogens with zero attached hydrogens (tertiary/aromatic N) is 3. The smallest absolute Gasteiger partial charge is 0.246 e. The summed E-state index contributed by atoms with van der Waals surface area (Å²) in [6.07, 6.45) is 2.60. The quantitative estimate of drug-likeness (QED) is 0.485. The summed E-state index contributed by atoms with van der Waals surface area (Å²) in [5, 5.41) is 30.7. The summed E-state index contributed by atoms with van der Waals surface area (Å²) in [5.41, 5.74) is 0.751. The third-order valence-electron chi connectivity index (χ3n) is 6.20. The first kappa shape index (κ1) is 25.9. The molecule has 0 spiro atoms. The van der Waals surface area contributed by atoms with Gasteiger partial charge in [-0.3, -0.25) is 14.5 Å². The second-order valence-electron chi connectivity index (χ2n) is 8.63. The highest BCUT2D eigenvalue weighted by Gasteiger charge is 2.29. The maximum absolute atomic E-state index is 12.6. The highest BCUT2D eigenvalue weighted by Crippen LogP contribution is 2.23. The molecule has 1 aromatic carbocycles. The minimum Gasteiger partial charge on any atom is -0.396 e. The van der Waals surface area contributed by atoms with Crippen LogP contribution in [0.4, 0.5) is 0 Å². The molecule has 0 unspecified atom stereocenters. The van der Waals surface area contributed by atoms with E-state index in [9.17, 15) is 24.9 Å². The van der Waals surface area contributed by atoms with Gasteiger partial charge in [-0.25, -0.2) is 0 Å². The van der Waals surface area contributed by atoms with Gasteiger partial charge in [0.2, 0.25) is 11.8 Å². The van der Waals surface area contributed by atoms with E-state index in [0.717, 1.165) is 5.56 Å². The van der Waals surface area contributed by atoms with Gasteiger partial charge in [-0.15, -0.1) is 0 Å². The predicted molar refractivity (Wildman–Crippen MR) is 127 cm³/mol. The molecule has 8 nitrogen and oxygen atoms in total. The fraction of sp³-hybridized carbons (Fsp3) is 0.565. The van der Waals surface area contributed by atoms with Crippen molar-refractivity contribution in [2.24, 2.45) is 5.92 Å². The number of aliphatic hydroxyl groups excluding tert-OH is 3. The molecule has 0 aromatic heterocycles. The Morgan fingerprint density at radius 3 is 2.64 bits per heavy atom. The third kappa shape index (κ3) is 7.40. The second kappa shape index (κ2) is 12.1. The van der Waals surface area contributed by atoms with Crippen molar-refractivity contribution in [3.05, 3.63) is 39.9 Å². The average molecular weight is 500 g/mol. The molecule has 2 amide bonds. The lowest BCUT2D eigenvalue weighted by atomic mass is 9.94. The second-order valence-corrected chi connectivity index (χ2v) is 9.45. The first-order valence-corrected chi connectivity index (χ1v) is 11.9. The highest BCUT2D eigenvalue weighted by atomic mass is 35.5. The van der Waals surface area contributed by atoms with Gasteiger partial charge in [-0.2, -0.15) is 0 Å². The molecule has 2 saturated heterocycles. The third-order valence-corrected chi connectivity index (χ3v) is 6.94. The van der Waals surface area contributed by atoms with Crippen LogP contribution in [0, 0.1) is 5.92 Å². The summed E-state index contributed by atoms with van der Waals surface area (Å²) in [4.78, 5) is 30.3. The molecule has 0 radical (unpaired) electrons. The van der Waals surface area contributed by atoms with Crippen LogP contribution in [-0.4, -0.2) is 106 Å². The molecule has 3 atom stereocenters. The van der Waals surface area contributed by atoms with Gasteiger partial charge in [0.15, 0.2) is 0 Å². The summed E-state index contributed by atoms with van der Waals surface area (Å²) in [5.74, 6) is -0.423. The zero-order chi connectivity index (χ0) is 24.0. The fourth-order valence-corrected chi connectivity index (χ4v) is 4.51. The minimum atomic E-state index is -0.761. The number of carbonyl (C=O) groups excluding carboxylic acids is 2. The number of hydrogen-bond acceptors (Lipinski definition) is 6. The van der Waals surface area contributed by atoms with Crippen LogP contribution < -0.4 is 0 Å². The van der Waals surface area contributed by atoms with Gasteiger partial charge in [-0.05, 0) is 36.7 Å². The summed E-state index contributed by atoms with van der Waals surface area (Å²) in [6.45, 7) is 2.59. The Labute approximate surface area is 204 Å². The molecule has 0 aliphatic carbocycles. The molecule has 33 heavy (non-hydrogen) atoms. The van der Waals surface area contributed by atoms with E-state index in [-0.39, 0.29) is 37.3 Å². The number of likely N-dealkylation sites (tertiary alicyclic amines) is 1. The lowest BCUT2D eigenvalue weighted by Crippen LogP contribution is -2.49. The molecule has 0 saturated carbocycles. The Kier molecular flexibility index (Phi) is 9.55. The van der Waals surface area contributed by atoms with Crippen LogP contribution in [0.15, 0.2) is 24.3 Å². The minimum absolute atomic E-state index is 0.0440. The molecule has 1 aromatic rings. The summed E-state index contributed by atoms with van der Waals surface area (Å²) < 4.78 is 0. The summed E-state index contributed by atoms with van der Waals surface area (Å²) in [6, 6.07) is 5.10. The van der Waals surface area contributed by atoms with Crippen LogP contribution >= 0.6 is 23.2 Å². The van der Waals surface area contributed by atoms with Gasteiger partial charge < -0.3 is 25.1 Å². The zero-order valence-corrected chi connectivity index (χ0v) is 20.0. The van der Waals surface area contributed by atoms with Crippen molar-refractivity contribution in [3.8, 4) is 0 Å². The van der Waals surface area contributed by atoms with Crippen LogP contribution in [0.1, 0.15) is 18.4 Å². The molecule has 2 fully saturated rings. The van der Waals surface area contributed by atoms with E-state index >= 15 is 0 Å². The molecule has 182 valence electrons. The molecule has 10 heteroatoms. The molecule has 2 aliphatic heterocycles. The van der Waals surface area contributed by atoms with Crippen molar-refractivity contribution in [2.75, 3.05) is 52.4 Å². The van der Waals surface area contributed by atoms with Crippen LogP contribution in [0.25, 0.3) is 6.08 Å². The topological polar surface area (TPSA) is 105 Å². The van der Waals surface area contributed by atoms with Gasteiger partial charge >= 0.3 is 0 Å². The molecule has 3 rings (SSSR count). The number of amides is 2. The van der Waals surface area contributed by atoms with Crippen molar-refractivity contribution < 1.29 is 24.9 Å². The van der Waals surface area contributed by atoms with Crippen molar-refractivity contribution in [1.82, 2.24) is 14.7 Å². The van der Waals surface area contributed by atoms with E-state index < -0.39 is 12.2 Å². The first-order valence-electron chi connectivity index (χ1n) is 11.2. The van der Waals surface area contributed by atoms with E-state index in [1.165, 1.54) is 6.08 Å². The number of aliphatic hydroxyl groups is 3. The number of carbonyl (C=O) groups is 2. The van der Waals surface area contributed by atoms with Gasteiger partial charge in [0.1, 0.15) is 0 Å². The molecular weight excluding hydrogens is 469 g/mol. The first-order chi connectivity index (χ1) is 15.8. The number of rotatable bonds is 7. The van der Waals surface area contributed by atoms with E-state index in [1.54, 1.807) is 34.1 Å². The Balaban J connectivity index is 1.49. The number of benzene rings is 1. The maximum atomic E-state index is 12.6. The largest absolute Gasteiger partial charge is 0.396 e. The molecule has 3 N–H and O–H groups in total. The number of halogens is 2. The van der Waals surface area contributed by atoms with Crippen LogP contribution in [0.2, 0.25) is 10.0 Å². The number of hydrogen-bond donors (Lipinski definition) is 3. The van der Waals surface area contributed by atoms with Crippen molar-refractivity contribution in [1.29, 1.82) is 0 Å². The Morgan fingerprint density at radius 2 is 1.94 bits per heavy atom. The van der Waals surface area contributed by atoms with Gasteiger partial charge in [0.25, 0.3) is 0 Å². The Hall–Kier alpha value is -1.68. The molecule has 2 aliphatic rings. The van der Waals surface area contributed by atoms with E-state index in [1.807, 2.05) is 4.90 Å². The number of β-amino-alcohol motifs (C(OH)–C–C–N with tert-alkyl or cyclic N) is 2. The fourth-order valence-electron chi connectivity index (χ4n) is 4.20. The van der Waals surface area contributed by atoms with Crippen molar-refractivity contribution >= 4 is 41.1 Å². The van der Waals surface area contributed by atoms with Crippen molar-refractivity contribution in [2.45, 2.75) is 25.0 Å². The Morgan fingerprint density at radius 1 is 1.15 bits per heavy atom. The lowest BCUT2D eigenvalue weighted by molar-refractivity contribution is -0.132. The van der Waals surface area contributed by atoms with Gasteiger partial charge in [-0.1, -0.05) is 29.3 Å². The average Bonchev–Trinajstić information content (AvgIpc) is 2.96. The summed E-state index contributed by atoms with van der Waals surface area (Å²) in [7, 11) is 0.